The number of benzene rings is 3. The summed E-state index contributed by atoms with van der Waals surface area (Å²) in [5, 5.41) is 3.15. The number of rotatable bonds is 5. The number of fused-ring (bicyclic) bond motifs is 4. The van der Waals surface area contributed by atoms with E-state index in [0.29, 0.717) is 46.8 Å². The first-order valence-corrected chi connectivity index (χ1v) is 16.8. The lowest BCUT2D eigenvalue weighted by Gasteiger charge is -2.44. The summed E-state index contributed by atoms with van der Waals surface area (Å²) in [6.07, 6.45) is 1.03. The Morgan fingerprint density at radius 3 is 2.50 bits per heavy atom. The Balaban J connectivity index is 1.17. The van der Waals surface area contributed by atoms with Crippen molar-refractivity contribution in [2.24, 2.45) is 5.92 Å². The van der Waals surface area contributed by atoms with E-state index in [0.717, 1.165) is 37.4 Å². The van der Waals surface area contributed by atoms with Gasteiger partial charge < -0.3 is 24.6 Å². The monoisotopic (exact) mass is 679 g/mol. The topological polar surface area (TPSA) is 77.9 Å². The van der Waals surface area contributed by atoms with E-state index >= 15 is 0 Å². The minimum absolute atomic E-state index is 0.0394. The van der Waals surface area contributed by atoms with E-state index < -0.39 is 0 Å². The molecule has 4 aromatic rings. The third kappa shape index (κ3) is 5.84. The van der Waals surface area contributed by atoms with E-state index in [1.165, 1.54) is 11.3 Å². The van der Waals surface area contributed by atoms with Gasteiger partial charge in [-0.05, 0) is 96.2 Å². The molecule has 3 atom stereocenters. The number of nitrogens with zero attached hydrogens (tertiary/aromatic N) is 4. The number of carbonyl (C=O) groups excluding carboxylic acids is 2. The van der Waals surface area contributed by atoms with Crippen LogP contribution in [0.15, 0.2) is 94.2 Å². The Morgan fingerprint density at radius 1 is 0.870 bits per heavy atom. The predicted molar refractivity (Wildman–Crippen MR) is 186 cm³/mol. The number of amides is 2. The largest absolute Gasteiger partial charge is 0.369 e. The van der Waals surface area contributed by atoms with Crippen LogP contribution in [0.3, 0.4) is 0 Å². The third-order valence-electron chi connectivity index (χ3n) is 9.68. The van der Waals surface area contributed by atoms with Gasteiger partial charge in [0.1, 0.15) is 0 Å². The number of aromatic nitrogens is 1. The number of pyridine rings is 1. The lowest BCUT2D eigenvalue weighted by Crippen LogP contribution is -2.53. The van der Waals surface area contributed by atoms with Crippen LogP contribution in [-0.2, 0) is 6.54 Å². The van der Waals surface area contributed by atoms with Gasteiger partial charge in [-0.25, -0.2) is 0 Å². The highest BCUT2D eigenvalue weighted by Crippen LogP contribution is 2.40. The maximum absolute atomic E-state index is 14.0. The number of nitrogens with one attached hydrogen (secondary N) is 1. The summed E-state index contributed by atoms with van der Waals surface area (Å²) in [5.41, 5.74) is 6.10. The molecular formula is C37H38BrN5O3. The Hall–Kier alpha value is -4.37. The van der Waals surface area contributed by atoms with E-state index in [9.17, 15) is 14.4 Å². The van der Waals surface area contributed by atoms with Crippen LogP contribution in [0.2, 0.25) is 0 Å². The third-order valence-corrected chi connectivity index (χ3v) is 10.4. The number of anilines is 3. The Kier molecular flexibility index (Phi) is 8.19. The smallest absolute Gasteiger partial charge is 0.256 e. The van der Waals surface area contributed by atoms with Crippen molar-refractivity contribution in [2.45, 2.75) is 38.8 Å². The maximum Gasteiger partial charge on any atom is 0.256 e. The SMILES string of the molecule is Cc1cccc(N2CCN(C(=O)c3ccc(N4CC5CC(C4)c4cccc(=O)n4C5)c(NC(=O)c4ccccc4Br)c3)CC2C)c1. The van der Waals surface area contributed by atoms with Gasteiger partial charge >= 0.3 is 0 Å². The van der Waals surface area contributed by atoms with Gasteiger partial charge in [-0.15, -0.1) is 0 Å². The Morgan fingerprint density at radius 2 is 1.70 bits per heavy atom. The molecule has 1 aromatic heterocycles. The van der Waals surface area contributed by atoms with Crippen LogP contribution < -0.4 is 20.7 Å². The van der Waals surface area contributed by atoms with Crippen molar-refractivity contribution in [3.63, 3.8) is 0 Å². The van der Waals surface area contributed by atoms with Gasteiger partial charge in [-0.3, -0.25) is 14.4 Å². The standard InChI is InChI=1S/C37H38BrN5O3/c1-24-7-5-8-29(17-24)42-16-15-40(20-25(42)2)37(46)27-13-14-34(32(19-27)39-36(45)30-9-3-4-10-31(30)38)41-21-26-18-28(23-41)33-11-6-12-35(44)43(33)22-26/h3-14,17,19,25-26,28H,15-16,18,20-23H2,1-2H3,(H,39,45). The molecule has 2 saturated heterocycles. The molecule has 7 rings (SSSR count). The van der Waals surface area contributed by atoms with Gasteiger partial charge in [0.25, 0.3) is 17.4 Å². The van der Waals surface area contributed by atoms with E-state index in [4.69, 9.17) is 0 Å². The molecule has 4 heterocycles. The number of halogens is 1. The molecule has 0 aliphatic carbocycles. The lowest BCUT2D eigenvalue weighted by atomic mass is 9.83. The fourth-order valence-corrected chi connectivity index (χ4v) is 7.95. The Bertz CT molecular complexity index is 1870. The molecule has 9 heteroatoms. The molecule has 0 radical (unpaired) electrons. The average molecular weight is 681 g/mol. The second kappa shape index (κ2) is 12.4. The van der Waals surface area contributed by atoms with Crippen molar-refractivity contribution >= 4 is 44.8 Å². The summed E-state index contributed by atoms with van der Waals surface area (Å²) in [6, 6.07) is 27.3. The van der Waals surface area contributed by atoms with Gasteiger partial charge in [-0.1, -0.05) is 30.3 Å². The minimum atomic E-state index is -0.243. The van der Waals surface area contributed by atoms with E-state index in [1.807, 2.05) is 51.9 Å². The van der Waals surface area contributed by atoms with Crippen molar-refractivity contribution in [1.82, 2.24) is 9.47 Å². The summed E-state index contributed by atoms with van der Waals surface area (Å²) >= 11 is 3.52. The van der Waals surface area contributed by atoms with Crippen molar-refractivity contribution in [3.8, 4) is 0 Å². The first-order chi connectivity index (χ1) is 22.2. The van der Waals surface area contributed by atoms with Crippen LogP contribution in [0.4, 0.5) is 17.1 Å². The first-order valence-electron chi connectivity index (χ1n) is 16.0. The second-order valence-electron chi connectivity index (χ2n) is 12.9. The summed E-state index contributed by atoms with van der Waals surface area (Å²) < 4.78 is 2.63. The highest BCUT2D eigenvalue weighted by atomic mass is 79.9. The maximum atomic E-state index is 14.0. The molecule has 2 amide bonds. The zero-order chi connectivity index (χ0) is 31.9. The summed E-state index contributed by atoms with van der Waals surface area (Å²) in [4.78, 5) is 46.7. The fraction of sp³-hybridized carbons (Fsp3) is 0.324. The molecule has 3 aliphatic rings. The molecule has 2 bridgehead atoms. The van der Waals surface area contributed by atoms with Crippen molar-refractivity contribution < 1.29 is 9.59 Å². The zero-order valence-electron chi connectivity index (χ0n) is 26.2. The molecule has 46 heavy (non-hydrogen) atoms. The molecular weight excluding hydrogens is 642 g/mol. The van der Waals surface area contributed by atoms with E-state index in [2.05, 4.69) is 75.2 Å². The zero-order valence-corrected chi connectivity index (χ0v) is 27.7. The molecule has 3 aliphatic heterocycles. The lowest BCUT2D eigenvalue weighted by molar-refractivity contribution is 0.0726. The number of aryl methyl sites for hydroxylation is 1. The van der Waals surface area contributed by atoms with Crippen molar-refractivity contribution in [2.75, 3.05) is 47.8 Å². The van der Waals surface area contributed by atoms with Gasteiger partial charge in [0.05, 0.1) is 16.9 Å². The second-order valence-corrected chi connectivity index (χ2v) is 13.8. The van der Waals surface area contributed by atoms with Crippen LogP contribution in [0.5, 0.6) is 0 Å². The average Bonchev–Trinajstić information content (AvgIpc) is 3.05. The van der Waals surface area contributed by atoms with Gasteiger partial charge in [0.15, 0.2) is 0 Å². The predicted octanol–water partition coefficient (Wildman–Crippen LogP) is 6.15. The quantitative estimate of drug-likeness (QED) is 0.274. The molecule has 8 nitrogen and oxygen atoms in total. The summed E-state index contributed by atoms with van der Waals surface area (Å²) in [6.45, 7) is 8.41. The van der Waals surface area contributed by atoms with Crippen LogP contribution in [0.25, 0.3) is 0 Å². The molecule has 236 valence electrons. The van der Waals surface area contributed by atoms with Gasteiger partial charge in [0.2, 0.25) is 0 Å². The van der Waals surface area contributed by atoms with Crippen LogP contribution in [-0.4, -0.2) is 60.0 Å². The normalized spacial score (nSPS) is 20.7. The number of hydrogen-bond acceptors (Lipinski definition) is 5. The van der Waals surface area contributed by atoms with E-state index in [1.54, 1.807) is 12.1 Å². The number of carbonyl (C=O) groups is 2. The summed E-state index contributed by atoms with van der Waals surface area (Å²) in [7, 11) is 0. The highest BCUT2D eigenvalue weighted by Gasteiger charge is 2.36. The van der Waals surface area contributed by atoms with Gasteiger partial charge in [0, 0.05) is 78.7 Å². The van der Waals surface area contributed by atoms with Crippen molar-refractivity contribution in [1.29, 1.82) is 0 Å². The molecule has 3 unspecified atom stereocenters. The molecule has 0 spiro atoms. The van der Waals surface area contributed by atoms with Crippen LogP contribution >= 0.6 is 15.9 Å². The molecule has 3 aromatic carbocycles. The minimum Gasteiger partial charge on any atom is -0.369 e. The molecule has 0 saturated carbocycles. The number of piperidine rings is 1. The van der Waals surface area contributed by atoms with E-state index in [-0.39, 0.29) is 29.3 Å². The first kappa shape index (κ1) is 30.3. The van der Waals surface area contributed by atoms with Crippen LogP contribution in [0, 0.1) is 12.8 Å². The molecule has 2 fully saturated rings. The fourth-order valence-electron chi connectivity index (χ4n) is 7.49. The number of piperazine rings is 1. The highest BCUT2D eigenvalue weighted by molar-refractivity contribution is 9.10. The van der Waals surface area contributed by atoms with Crippen LogP contribution in [0.1, 0.15) is 51.2 Å². The molecule has 1 N–H and O–H groups in total. The Labute approximate surface area is 277 Å². The number of hydrogen-bond donors (Lipinski definition) is 1. The van der Waals surface area contributed by atoms with Gasteiger partial charge in [-0.2, -0.15) is 0 Å². The summed E-state index contributed by atoms with van der Waals surface area (Å²) in [5.74, 6) is 0.238. The van der Waals surface area contributed by atoms with Crippen molar-refractivity contribution in [3.05, 3.63) is 122 Å².